The van der Waals surface area contributed by atoms with Crippen molar-refractivity contribution >= 4 is 11.9 Å². The Labute approximate surface area is 164 Å². The van der Waals surface area contributed by atoms with E-state index >= 15 is 0 Å². The van der Waals surface area contributed by atoms with Crippen molar-refractivity contribution in [3.63, 3.8) is 0 Å². The molecule has 148 valence electrons. The third-order valence-corrected chi connectivity index (χ3v) is 4.91. The number of amides is 1. The Hall–Kier alpha value is -2.93. The van der Waals surface area contributed by atoms with E-state index < -0.39 is 5.97 Å². The molecule has 1 fully saturated rings. The lowest BCUT2D eigenvalue weighted by Gasteiger charge is -2.32. The molecule has 1 saturated heterocycles. The Morgan fingerprint density at radius 1 is 1.11 bits per heavy atom. The third-order valence-electron chi connectivity index (χ3n) is 4.91. The topological polar surface area (TPSA) is 80.8 Å². The quantitative estimate of drug-likeness (QED) is 0.771. The number of carbonyl (C=O) groups is 2. The van der Waals surface area contributed by atoms with Gasteiger partial charge in [0.05, 0.1) is 19.8 Å². The summed E-state index contributed by atoms with van der Waals surface area (Å²) in [6.07, 6.45) is 3.14. The summed E-state index contributed by atoms with van der Waals surface area (Å²) >= 11 is 0. The Balaban J connectivity index is 1.46. The molecule has 0 atom stereocenters. The van der Waals surface area contributed by atoms with Crippen molar-refractivity contribution < 1.29 is 19.1 Å². The van der Waals surface area contributed by atoms with E-state index in [4.69, 9.17) is 4.74 Å². The lowest BCUT2D eigenvalue weighted by atomic mass is 10.0. The van der Waals surface area contributed by atoms with Gasteiger partial charge in [-0.2, -0.15) is 0 Å². The van der Waals surface area contributed by atoms with Crippen molar-refractivity contribution in [1.82, 2.24) is 15.2 Å². The molecular formula is C21H25N3O4. The molecule has 0 spiro atoms. The van der Waals surface area contributed by atoms with Gasteiger partial charge in [-0.05, 0) is 42.7 Å². The minimum Gasteiger partial charge on any atom is -0.497 e. The number of piperidine rings is 1. The molecule has 7 heteroatoms. The van der Waals surface area contributed by atoms with Crippen LogP contribution < -0.4 is 10.1 Å². The fraction of sp³-hybridized carbons (Fsp3) is 0.381. The summed E-state index contributed by atoms with van der Waals surface area (Å²) in [6.45, 7) is 2.73. The highest BCUT2D eigenvalue weighted by Crippen LogP contribution is 2.17. The average molecular weight is 383 g/mol. The molecule has 2 heterocycles. The fourth-order valence-corrected chi connectivity index (χ4v) is 3.25. The summed E-state index contributed by atoms with van der Waals surface area (Å²) in [7, 11) is 2.97. The number of benzene rings is 1. The summed E-state index contributed by atoms with van der Waals surface area (Å²) in [5.41, 5.74) is 1.87. The summed E-state index contributed by atoms with van der Waals surface area (Å²) in [5, 5.41) is 3.04. The molecule has 1 amide bonds. The molecule has 7 nitrogen and oxygen atoms in total. The van der Waals surface area contributed by atoms with Crippen LogP contribution in [0.5, 0.6) is 5.75 Å². The first-order valence-corrected chi connectivity index (χ1v) is 9.29. The van der Waals surface area contributed by atoms with E-state index in [-0.39, 0.29) is 11.9 Å². The maximum Gasteiger partial charge on any atom is 0.339 e. The van der Waals surface area contributed by atoms with Crippen molar-refractivity contribution in [2.45, 2.75) is 25.4 Å². The largest absolute Gasteiger partial charge is 0.497 e. The number of rotatable bonds is 6. The molecule has 1 aromatic heterocycles. The second-order valence-electron chi connectivity index (χ2n) is 6.80. The average Bonchev–Trinajstić information content (AvgIpc) is 2.75. The SMILES string of the molecule is COC(=O)c1ccc(C(=O)NC2CCN(Cc3ccc(OC)cc3)CC2)nc1. The molecule has 0 bridgehead atoms. The predicted octanol–water partition coefficient (Wildman–Crippen LogP) is 2.27. The first-order valence-electron chi connectivity index (χ1n) is 9.29. The zero-order valence-corrected chi connectivity index (χ0v) is 16.2. The van der Waals surface area contributed by atoms with Crippen LogP contribution in [0.4, 0.5) is 0 Å². The minimum atomic E-state index is -0.469. The number of ether oxygens (including phenoxy) is 2. The van der Waals surface area contributed by atoms with Gasteiger partial charge in [-0.3, -0.25) is 14.7 Å². The van der Waals surface area contributed by atoms with Crippen LogP contribution in [-0.4, -0.2) is 55.1 Å². The molecule has 1 aromatic carbocycles. The first-order chi connectivity index (χ1) is 13.6. The van der Waals surface area contributed by atoms with E-state index in [1.54, 1.807) is 19.2 Å². The second-order valence-corrected chi connectivity index (χ2v) is 6.80. The molecular weight excluding hydrogens is 358 g/mol. The number of likely N-dealkylation sites (tertiary alicyclic amines) is 1. The number of hydrogen-bond donors (Lipinski definition) is 1. The number of hydrogen-bond acceptors (Lipinski definition) is 6. The van der Waals surface area contributed by atoms with Crippen LogP contribution in [0, 0.1) is 0 Å². The van der Waals surface area contributed by atoms with E-state index in [1.165, 1.54) is 18.9 Å². The summed E-state index contributed by atoms with van der Waals surface area (Å²) in [6, 6.07) is 11.3. The predicted molar refractivity (Wildman–Crippen MR) is 104 cm³/mol. The maximum absolute atomic E-state index is 12.4. The number of pyridine rings is 1. The van der Waals surface area contributed by atoms with Crippen molar-refractivity contribution in [3.8, 4) is 5.75 Å². The van der Waals surface area contributed by atoms with Gasteiger partial charge in [0, 0.05) is 31.9 Å². The van der Waals surface area contributed by atoms with Crippen molar-refractivity contribution in [1.29, 1.82) is 0 Å². The van der Waals surface area contributed by atoms with E-state index in [9.17, 15) is 9.59 Å². The van der Waals surface area contributed by atoms with E-state index in [0.29, 0.717) is 11.3 Å². The highest BCUT2D eigenvalue weighted by molar-refractivity contribution is 5.94. The number of methoxy groups -OCH3 is 2. The summed E-state index contributed by atoms with van der Waals surface area (Å²) in [4.78, 5) is 30.3. The highest BCUT2D eigenvalue weighted by atomic mass is 16.5. The van der Waals surface area contributed by atoms with Crippen LogP contribution in [0.2, 0.25) is 0 Å². The van der Waals surface area contributed by atoms with Crippen LogP contribution in [0.1, 0.15) is 39.3 Å². The van der Waals surface area contributed by atoms with E-state index in [2.05, 4.69) is 32.1 Å². The first kappa shape index (κ1) is 19.8. The van der Waals surface area contributed by atoms with Gasteiger partial charge in [0.1, 0.15) is 11.4 Å². The molecule has 0 unspecified atom stereocenters. The van der Waals surface area contributed by atoms with Gasteiger partial charge >= 0.3 is 5.97 Å². The minimum absolute atomic E-state index is 0.127. The Morgan fingerprint density at radius 3 is 2.39 bits per heavy atom. The molecule has 28 heavy (non-hydrogen) atoms. The van der Waals surface area contributed by atoms with Crippen molar-refractivity contribution in [2.24, 2.45) is 0 Å². The number of nitrogens with one attached hydrogen (secondary N) is 1. The lowest BCUT2D eigenvalue weighted by Crippen LogP contribution is -2.44. The van der Waals surface area contributed by atoms with Crippen LogP contribution in [0.25, 0.3) is 0 Å². The number of esters is 1. The molecule has 1 aliphatic heterocycles. The zero-order chi connectivity index (χ0) is 19.9. The Bertz CT molecular complexity index is 797. The monoisotopic (exact) mass is 383 g/mol. The van der Waals surface area contributed by atoms with Crippen LogP contribution in [0.3, 0.4) is 0 Å². The molecule has 0 radical (unpaired) electrons. The van der Waals surface area contributed by atoms with Gasteiger partial charge in [-0.25, -0.2) is 4.79 Å². The van der Waals surface area contributed by atoms with Crippen molar-refractivity contribution in [2.75, 3.05) is 27.3 Å². The van der Waals surface area contributed by atoms with Gasteiger partial charge < -0.3 is 14.8 Å². The van der Waals surface area contributed by atoms with Gasteiger partial charge in [0.15, 0.2) is 0 Å². The summed E-state index contributed by atoms with van der Waals surface area (Å²) in [5.74, 6) is 0.173. The Kier molecular flexibility index (Phi) is 6.60. The normalized spacial score (nSPS) is 15.1. The summed E-state index contributed by atoms with van der Waals surface area (Å²) < 4.78 is 9.82. The number of carbonyl (C=O) groups excluding carboxylic acids is 2. The lowest BCUT2D eigenvalue weighted by molar-refractivity contribution is 0.0599. The molecule has 0 saturated carbocycles. The van der Waals surface area contributed by atoms with Crippen LogP contribution in [0.15, 0.2) is 42.6 Å². The third kappa shape index (κ3) is 5.07. The molecule has 1 aliphatic rings. The number of nitrogens with zero attached hydrogens (tertiary/aromatic N) is 2. The second kappa shape index (κ2) is 9.32. The smallest absolute Gasteiger partial charge is 0.339 e. The maximum atomic E-state index is 12.4. The molecule has 3 rings (SSSR count). The van der Waals surface area contributed by atoms with E-state index in [0.717, 1.165) is 38.2 Å². The van der Waals surface area contributed by atoms with Gasteiger partial charge in [0.25, 0.3) is 5.91 Å². The Morgan fingerprint density at radius 2 is 1.82 bits per heavy atom. The molecule has 2 aromatic rings. The molecule has 1 N–H and O–H groups in total. The van der Waals surface area contributed by atoms with Crippen LogP contribution >= 0.6 is 0 Å². The molecule has 0 aliphatic carbocycles. The van der Waals surface area contributed by atoms with E-state index in [1.807, 2.05) is 12.1 Å². The highest BCUT2D eigenvalue weighted by Gasteiger charge is 2.22. The van der Waals surface area contributed by atoms with Gasteiger partial charge in [-0.1, -0.05) is 12.1 Å². The number of aromatic nitrogens is 1. The fourth-order valence-electron chi connectivity index (χ4n) is 3.25. The van der Waals surface area contributed by atoms with Crippen LogP contribution in [-0.2, 0) is 11.3 Å². The standard InChI is InChI=1S/C21H25N3O4/c1-27-18-6-3-15(4-7-18)14-24-11-9-17(10-12-24)23-20(25)19-8-5-16(13-22-19)21(26)28-2/h3-8,13,17H,9-12,14H2,1-2H3,(H,23,25). The zero-order valence-electron chi connectivity index (χ0n) is 16.2. The van der Waals surface area contributed by atoms with Crippen molar-refractivity contribution in [3.05, 3.63) is 59.4 Å². The van der Waals surface area contributed by atoms with Gasteiger partial charge in [0.2, 0.25) is 0 Å². The van der Waals surface area contributed by atoms with Gasteiger partial charge in [-0.15, -0.1) is 0 Å².